The molecule has 11 heavy (non-hydrogen) atoms. The van der Waals surface area contributed by atoms with Crippen LogP contribution < -0.4 is 0 Å². The van der Waals surface area contributed by atoms with Gasteiger partial charge >= 0.3 is 0 Å². The smallest absolute Gasteiger partial charge is 0.155 e. The first-order chi connectivity index (χ1) is 4.93. The van der Waals surface area contributed by atoms with Crippen LogP contribution in [-0.2, 0) is 4.79 Å². The summed E-state index contributed by atoms with van der Waals surface area (Å²) in [6.45, 7) is 7.04. The summed E-state index contributed by atoms with van der Waals surface area (Å²) in [5.74, 6) is 0.381. The molecule has 0 spiro atoms. The summed E-state index contributed by atoms with van der Waals surface area (Å²) in [5.41, 5.74) is -0.167. The van der Waals surface area contributed by atoms with E-state index >= 15 is 0 Å². The number of nitrogens with zero attached hydrogens (tertiary/aromatic N) is 1. The Balaban J connectivity index is 2.55. The minimum Gasteiger partial charge on any atom is -0.297 e. The lowest BCUT2D eigenvalue weighted by Crippen LogP contribution is -2.53. The molecule has 0 aliphatic carbocycles. The summed E-state index contributed by atoms with van der Waals surface area (Å²) in [7, 11) is 2.01. The zero-order chi connectivity index (χ0) is 8.65. The molecule has 1 aliphatic heterocycles. The monoisotopic (exact) mass is 155 g/mol. The van der Waals surface area contributed by atoms with Gasteiger partial charge in [0.1, 0.15) is 0 Å². The van der Waals surface area contributed by atoms with Crippen molar-refractivity contribution in [3.63, 3.8) is 0 Å². The third-order valence-electron chi connectivity index (χ3n) is 2.33. The predicted molar refractivity (Wildman–Crippen MR) is 45.5 cm³/mol. The lowest BCUT2D eigenvalue weighted by molar-refractivity contribution is -0.135. The van der Waals surface area contributed by atoms with E-state index in [-0.39, 0.29) is 11.5 Å². The predicted octanol–water partition coefficient (Wildman–Crippen LogP) is 1.31. The minimum absolute atomic E-state index is 0.167. The van der Waals surface area contributed by atoms with Gasteiger partial charge in [-0.1, -0.05) is 20.8 Å². The molecule has 2 nitrogen and oxygen atoms in total. The molecule has 1 saturated heterocycles. The highest BCUT2D eigenvalue weighted by molar-refractivity contribution is 5.89. The Kier molecular flexibility index (Phi) is 2.06. The Labute approximate surface area is 68.6 Å². The second kappa shape index (κ2) is 2.59. The van der Waals surface area contributed by atoms with Crippen molar-refractivity contribution in [3.8, 4) is 0 Å². The second-order valence-corrected chi connectivity index (χ2v) is 4.40. The van der Waals surface area contributed by atoms with Crippen molar-refractivity contribution in [2.24, 2.45) is 5.41 Å². The zero-order valence-electron chi connectivity index (χ0n) is 7.85. The zero-order valence-corrected chi connectivity index (χ0v) is 7.85. The van der Waals surface area contributed by atoms with Crippen molar-refractivity contribution in [2.75, 3.05) is 13.6 Å². The minimum atomic E-state index is -0.167. The van der Waals surface area contributed by atoms with E-state index in [1.165, 1.54) is 0 Å². The Bertz CT molecular complexity index is 169. The maximum atomic E-state index is 11.6. The number of carbonyl (C=O) groups excluding carboxylic acids is 1. The van der Waals surface area contributed by atoms with E-state index in [9.17, 15) is 4.79 Å². The first kappa shape index (κ1) is 8.72. The molecular weight excluding hydrogens is 138 g/mol. The number of likely N-dealkylation sites (N-methyl/N-ethyl adjacent to an activating group) is 1. The molecule has 0 aromatic heterocycles. The molecule has 1 fully saturated rings. The molecule has 0 aromatic carbocycles. The number of Topliss-reactive ketones (excluding diaryl/α,β-unsaturated/α-hetero) is 1. The lowest BCUT2D eigenvalue weighted by Gasteiger charge is -2.39. The molecule has 0 N–H and O–H groups in total. The SMILES string of the molecule is CN1CC[C@H]1C(=O)C(C)(C)C. The van der Waals surface area contributed by atoms with Gasteiger partial charge < -0.3 is 0 Å². The first-order valence-corrected chi connectivity index (χ1v) is 4.17. The van der Waals surface area contributed by atoms with E-state index in [1.54, 1.807) is 0 Å². The van der Waals surface area contributed by atoms with E-state index < -0.39 is 0 Å². The third-order valence-corrected chi connectivity index (χ3v) is 2.33. The Hall–Kier alpha value is -0.370. The van der Waals surface area contributed by atoms with Crippen LogP contribution in [0, 0.1) is 5.41 Å². The quantitative estimate of drug-likeness (QED) is 0.569. The number of hydrogen-bond acceptors (Lipinski definition) is 2. The van der Waals surface area contributed by atoms with Gasteiger partial charge in [0.05, 0.1) is 6.04 Å². The highest BCUT2D eigenvalue weighted by atomic mass is 16.1. The van der Waals surface area contributed by atoms with Crippen LogP contribution in [0.25, 0.3) is 0 Å². The fraction of sp³-hybridized carbons (Fsp3) is 0.889. The summed E-state index contributed by atoms with van der Waals surface area (Å²) in [6, 6.07) is 0.204. The van der Waals surface area contributed by atoms with Crippen LogP contribution in [0.1, 0.15) is 27.2 Å². The fourth-order valence-electron chi connectivity index (χ4n) is 1.35. The van der Waals surface area contributed by atoms with E-state index in [1.807, 2.05) is 27.8 Å². The van der Waals surface area contributed by atoms with Gasteiger partial charge in [-0.05, 0) is 13.5 Å². The van der Waals surface area contributed by atoms with Gasteiger partial charge in [-0.25, -0.2) is 0 Å². The van der Waals surface area contributed by atoms with Gasteiger partial charge in [-0.3, -0.25) is 9.69 Å². The lowest BCUT2D eigenvalue weighted by atomic mass is 9.82. The molecule has 0 aromatic rings. The van der Waals surface area contributed by atoms with E-state index in [4.69, 9.17) is 0 Å². The number of hydrogen-bond donors (Lipinski definition) is 0. The van der Waals surface area contributed by atoms with Crippen LogP contribution >= 0.6 is 0 Å². The fourth-order valence-corrected chi connectivity index (χ4v) is 1.35. The number of ketones is 1. The number of rotatable bonds is 1. The van der Waals surface area contributed by atoms with E-state index in [0.717, 1.165) is 13.0 Å². The molecule has 1 heterocycles. The first-order valence-electron chi connectivity index (χ1n) is 4.17. The van der Waals surface area contributed by atoms with Crippen LogP contribution in [0.15, 0.2) is 0 Å². The summed E-state index contributed by atoms with van der Waals surface area (Å²) in [5, 5.41) is 0. The van der Waals surface area contributed by atoms with Crippen LogP contribution in [0.4, 0.5) is 0 Å². The van der Waals surface area contributed by atoms with Crippen molar-refractivity contribution in [3.05, 3.63) is 0 Å². The molecule has 2 heteroatoms. The van der Waals surface area contributed by atoms with Crippen molar-refractivity contribution >= 4 is 5.78 Å². The Morgan fingerprint density at radius 2 is 2.00 bits per heavy atom. The molecule has 0 unspecified atom stereocenters. The van der Waals surface area contributed by atoms with E-state index in [2.05, 4.69) is 4.90 Å². The van der Waals surface area contributed by atoms with Crippen molar-refractivity contribution in [1.29, 1.82) is 0 Å². The highest BCUT2D eigenvalue weighted by Gasteiger charge is 2.36. The topological polar surface area (TPSA) is 20.3 Å². The van der Waals surface area contributed by atoms with Crippen molar-refractivity contribution in [1.82, 2.24) is 4.90 Å². The summed E-state index contributed by atoms with van der Waals surface area (Å²) in [6.07, 6.45) is 1.05. The average molecular weight is 155 g/mol. The number of likely N-dealkylation sites (tertiary alicyclic amines) is 1. The van der Waals surface area contributed by atoms with Crippen molar-refractivity contribution in [2.45, 2.75) is 33.2 Å². The van der Waals surface area contributed by atoms with Crippen molar-refractivity contribution < 1.29 is 4.79 Å². The maximum absolute atomic E-state index is 11.6. The van der Waals surface area contributed by atoms with Crippen LogP contribution in [-0.4, -0.2) is 30.3 Å². The summed E-state index contributed by atoms with van der Waals surface area (Å²) >= 11 is 0. The molecule has 0 saturated carbocycles. The Morgan fingerprint density at radius 3 is 2.09 bits per heavy atom. The molecular formula is C9H17NO. The highest BCUT2D eigenvalue weighted by Crippen LogP contribution is 2.25. The molecule has 64 valence electrons. The van der Waals surface area contributed by atoms with Gasteiger partial charge in [-0.15, -0.1) is 0 Å². The maximum Gasteiger partial charge on any atom is 0.155 e. The standard InChI is InChI=1S/C9H17NO/c1-9(2,3)8(11)7-5-6-10(7)4/h7H,5-6H2,1-4H3/t7-/m0/s1. The average Bonchev–Trinajstić information content (AvgIpc) is 1.83. The molecule has 1 rings (SSSR count). The second-order valence-electron chi connectivity index (χ2n) is 4.40. The summed E-state index contributed by atoms with van der Waals surface area (Å²) < 4.78 is 0. The van der Waals surface area contributed by atoms with Gasteiger partial charge in [0.15, 0.2) is 5.78 Å². The van der Waals surface area contributed by atoms with Gasteiger partial charge in [0.2, 0.25) is 0 Å². The number of carbonyl (C=O) groups is 1. The van der Waals surface area contributed by atoms with Crippen LogP contribution in [0.5, 0.6) is 0 Å². The van der Waals surface area contributed by atoms with Crippen LogP contribution in [0.3, 0.4) is 0 Å². The van der Waals surface area contributed by atoms with Gasteiger partial charge in [0, 0.05) is 12.0 Å². The van der Waals surface area contributed by atoms with Gasteiger partial charge in [0.25, 0.3) is 0 Å². The third kappa shape index (κ3) is 1.62. The molecule has 0 amide bonds. The molecule has 0 bridgehead atoms. The van der Waals surface area contributed by atoms with Gasteiger partial charge in [-0.2, -0.15) is 0 Å². The normalized spacial score (nSPS) is 26.4. The van der Waals surface area contributed by atoms with Crippen LogP contribution in [0.2, 0.25) is 0 Å². The summed E-state index contributed by atoms with van der Waals surface area (Å²) in [4.78, 5) is 13.7. The molecule has 1 aliphatic rings. The molecule has 1 atom stereocenters. The van der Waals surface area contributed by atoms with E-state index in [0.29, 0.717) is 5.78 Å². The molecule has 0 radical (unpaired) electrons. The largest absolute Gasteiger partial charge is 0.297 e. The Morgan fingerprint density at radius 1 is 1.45 bits per heavy atom.